The van der Waals surface area contributed by atoms with Gasteiger partial charge in [-0.25, -0.2) is 14.1 Å². The highest BCUT2D eigenvalue weighted by atomic mass is 19.1. The fraction of sp³-hybridized carbons (Fsp3) is 0.476. The van der Waals surface area contributed by atoms with Gasteiger partial charge in [0.2, 0.25) is 5.95 Å². The van der Waals surface area contributed by atoms with Crippen LogP contribution in [0.3, 0.4) is 0 Å². The third-order valence-corrected chi connectivity index (χ3v) is 6.11. The van der Waals surface area contributed by atoms with Crippen molar-refractivity contribution in [1.82, 2.24) is 35.1 Å². The Morgan fingerprint density at radius 1 is 1.13 bits per heavy atom. The van der Waals surface area contributed by atoms with E-state index in [1.54, 1.807) is 4.68 Å². The van der Waals surface area contributed by atoms with E-state index in [1.807, 2.05) is 24.3 Å². The summed E-state index contributed by atoms with van der Waals surface area (Å²) in [6.07, 6.45) is 4.47. The number of anilines is 3. The standard InChI is InChI=1S/C21H28FN9/c1-20(2)10-15(11-21(3,4)30(20)5)25-18-17(22)12-23-19(27-18)26-14-7-6-8-16(9-14)31-13-24-28-29-31/h6-9,12-13,15H,10-11H2,1-5H3,(H2,23,25,26,27). The third-order valence-electron chi connectivity index (χ3n) is 6.11. The van der Waals surface area contributed by atoms with Crippen molar-refractivity contribution in [1.29, 1.82) is 0 Å². The van der Waals surface area contributed by atoms with Crippen LogP contribution in [0.25, 0.3) is 5.69 Å². The molecule has 31 heavy (non-hydrogen) atoms. The zero-order valence-corrected chi connectivity index (χ0v) is 18.5. The molecule has 1 aliphatic rings. The summed E-state index contributed by atoms with van der Waals surface area (Å²) in [5, 5.41) is 17.6. The molecule has 0 bridgehead atoms. The molecule has 0 unspecified atom stereocenters. The van der Waals surface area contributed by atoms with Gasteiger partial charge in [0.05, 0.1) is 11.9 Å². The van der Waals surface area contributed by atoms with Crippen molar-refractivity contribution in [2.45, 2.75) is 57.7 Å². The first kappa shape index (κ1) is 21.1. The topological polar surface area (TPSA) is 96.7 Å². The molecule has 1 fully saturated rings. The van der Waals surface area contributed by atoms with Gasteiger partial charge in [0.25, 0.3) is 0 Å². The number of tetrazole rings is 1. The van der Waals surface area contributed by atoms with E-state index in [0.29, 0.717) is 5.95 Å². The average molecular weight is 426 g/mol. The molecule has 0 saturated carbocycles. The van der Waals surface area contributed by atoms with Crippen LogP contribution in [-0.2, 0) is 0 Å². The minimum atomic E-state index is -0.470. The molecular formula is C21H28FN9. The summed E-state index contributed by atoms with van der Waals surface area (Å²) < 4.78 is 16.1. The average Bonchev–Trinajstić information content (AvgIpc) is 3.23. The van der Waals surface area contributed by atoms with E-state index in [0.717, 1.165) is 24.2 Å². The van der Waals surface area contributed by atoms with Crippen molar-refractivity contribution in [3.63, 3.8) is 0 Å². The SMILES string of the molecule is CN1C(C)(C)CC(Nc2nc(Nc3cccc(-n4cnnn4)c3)ncc2F)CC1(C)C. The quantitative estimate of drug-likeness (QED) is 0.642. The Labute approximate surface area is 181 Å². The number of halogens is 1. The fourth-order valence-corrected chi connectivity index (χ4v) is 4.33. The van der Waals surface area contributed by atoms with Crippen LogP contribution in [0.1, 0.15) is 40.5 Å². The maximum absolute atomic E-state index is 14.5. The number of nitrogens with zero attached hydrogens (tertiary/aromatic N) is 7. The molecule has 10 heteroatoms. The van der Waals surface area contributed by atoms with Crippen LogP contribution >= 0.6 is 0 Å². The maximum Gasteiger partial charge on any atom is 0.229 e. The van der Waals surface area contributed by atoms with E-state index in [4.69, 9.17) is 0 Å². The van der Waals surface area contributed by atoms with E-state index < -0.39 is 5.82 Å². The smallest absolute Gasteiger partial charge is 0.229 e. The second kappa shape index (κ2) is 7.84. The first-order valence-corrected chi connectivity index (χ1v) is 10.3. The second-order valence-electron chi connectivity index (χ2n) is 9.25. The number of nitrogens with one attached hydrogen (secondary N) is 2. The van der Waals surface area contributed by atoms with Gasteiger partial charge in [-0.1, -0.05) is 6.07 Å². The second-order valence-corrected chi connectivity index (χ2v) is 9.25. The lowest BCUT2D eigenvalue weighted by Crippen LogP contribution is -2.61. The Kier molecular flexibility index (Phi) is 5.34. The normalized spacial score (nSPS) is 18.6. The number of hydrogen-bond donors (Lipinski definition) is 2. The maximum atomic E-state index is 14.5. The lowest BCUT2D eigenvalue weighted by Gasteiger charge is -2.53. The molecule has 164 valence electrons. The summed E-state index contributed by atoms with van der Waals surface area (Å²) in [6.45, 7) is 8.85. The molecule has 1 aromatic carbocycles. The minimum Gasteiger partial charge on any atom is -0.365 e. The van der Waals surface area contributed by atoms with E-state index in [9.17, 15) is 4.39 Å². The Morgan fingerprint density at radius 3 is 2.55 bits per heavy atom. The molecule has 0 atom stereocenters. The summed E-state index contributed by atoms with van der Waals surface area (Å²) in [5.74, 6) is 0.0435. The van der Waals surface area contributed by atoms with Crippen LogP contribution in [0, 0.1) is 5.82 Å². The van der Waals surface area contributed by atoms with Gasteiger partial charge < -0.3 is 10.6 Å². The van der Waals surface area contributed by atoms with Crippen molar-refractivity contribution >= 4 is 17.5 Å². The molecule has 3 heterocycles. The molecule has 0 spiro atoms. The number of aromatic nitrogens is 6. The lowest BCUT2D eigenvalue weighted by molar-refractivity contribution is -0.00778. The summed E-state index contributed by atoms with van der Waals surface area (Å²) in [7, 11) is 2.15. The van der Waals surface area contributed by atoms with Crippen molar-refractivity contribution in [2.75, 3.05) is 17.7 Å². The molecule has 4 rings (SSSR count). The van der Waals surface area contributed by atoms with Crippen LogP contribution in [0.2, 0.25) is 0 Å². The van der Waals surface area contributed by atoms with E-state index in [1.165, 1.54) is 12.5 Å². The predicted octanol–water partition coefficient (Wildman–Crippen LogP) is 3.40. The highest BCUT2D eigenvalue weighted by molar-refractivity contribution is 5.58. The molecule has 0 amide bonds. The van der Waals surface area contributed by atoms with Gasteiger partial charge in [-0.2, -0.15) is 4.98 Å². The number of piperidine rings is 1. The van der Waals surface area contributed by atoms with Crippen molar-refractivity contribution in [2.24, 2.45) is 0 Å². The van der Waals surface area contributed by atoms with Crippen molar-refractivity contribution < 1.29 is 4.39 Å². The lowest BCUT2D eigenvalue weighted by atomic mass is 9.77. The number of rotatable bonds is 5. The Bertz CT molecular complexity index is 1030. The zero-order valence-electron chi connectivity index (χ0n) is 18.5. The van der Waals surface area contributed by atoms with E-state index in [2.05, 4.69) is 75.8 Å². The van der Waals surface area contributed by atoms with Gasteiger partial charge in [0.15, 0.2) is 11.6 Å². The van der Waals surface area contributed by atoms with Gasteiger partial charge in [-0.15, -0.1) is 5.10 Å². The summed E-state index contributed by atoms with van der Waals surface area (Å²) >= 11 is 0. The Morgan fingerprint density at radius 2 is 1.87 bits per heavy atom. The fourth-order valence-electron chi connectivity index (χ4n) is 4.33. The van der Waals surface area contributed by atoms with Gasteiger partial charge in [-0.3, -0.25) is 4.90 Å². The monoisotopic (exact) mass is 425 g/mol. The Balaban J connectivity index is 1.52. The molecule has 3 aromatic rings. The van der Waals surface area contributed by atoms with E-state index >= 15 is 0 Å². The molecular weight excluding hydrogens is 397 g/mol. The summed E-state index contributed by atoms with van der Waals surface area (Å²) in [6, 6.07) is 7.57. The highest BCUT2D eigenvalue weighted by Crippen LogP contribution is 2.38. The van der Waals surface area contributed by atoms with Crippen LogP contribution in [-0.4, -0.2) is 59.2 Å². The third kappa shape index (κ3) is 4.48. The Hall–Kier alpha value is -3.14. The van der Waals surface area contributed by atoms with Crippen LogP contribution in [0.4, 0.5) is 21.8 Å². The molecule has 0 radical (unpaired) electrons. The van der Waals surface area contributed by atoms with Gasteiger partial charge in [0.1, 0.15) is 6.33 Å². The highest BCUT2D eigenvalue weighted by Gasteiger charge is 2.43. The molecule has 2 N–H and O–H groups in total. The number of benzene rings is 1. The molecule has 2 aromatic heterocycles. The van der Waals surface area contributed by atoms with Crippen LogP contribution in [0.5, 0.6) is 0 Å². The predicted molar refractivity (Wildman–Crippen MR) is 117 cm³/mol. The molecule has 0 aliphatic carbocycles. The van der Waals surface area contributed by atoms with Crippen LogP contribution < -0.4 is 10.6 Å². The van der Waals surface area contributed by atoms with Crippen molar-refractivity contribution in [3.05, 3.63) is 42.6 Å². The summed E-state index contributed by atoms with van der Waals surface area (Å²) in [4.78, 5) is 10.9. The summed E-state index contributed by atoms with van der Waals surface area (Å²) in [5.41, 5.74) is 1.50. The van der Waals surface area contributed by atoms with E-state index in [-0.39, 0.29) is 22.9 Å². The van der Waals surface area contributed by atoms with Gasteiger partial charge >= 0.3 is 0 Å². The largest absolute Gasteiger partial charge is 0.365 e. The first-order chi connectivity index (χ1) is 14.6. The van der Waals surface area contributed by atoms with Gasteiger partial charge in [0, 0.05) is 22.8 Å². The number of likely N-dealkylation sites (tertiary alicyclic amines) is 1. The van der Waals surface area contributed by atoms with Crippen molar-refractivity contribution in [3.8, 4) is 5.69 Å². The van der Waals surface area contributed by atoms with Gasteiger partial charge in [-0.05, 0) is 76.2 Å². The first-order valence-electron chi connectivity index (χ1n) is 10.3. The zero-order chi connectivity index (χ0) is 22.2. The molecule has 9 nitrogen and oxygen atoms in total. The number of hydrogen-bond acceptors (Lipinski definition) is 8. The molecule has 1 saturated heterocycles. The minimum absolute atomic E-state index is 0.0132. The van der Waals surface area contributed by atoms with Crippen LogP contribution in [0.15, 0.2) is 36.8 Å². The molecule has 1 aliphatic heterocycles.